The molecule has 2 heteroatoms. The van der Waals surface area contributed by atoms with Crippen LogP contribution in [0.2, 0.25) is 0 Å². The van der Waals surface area contributed by atoms with E-state index in [9.17, 15) is 4.79 Å². The van der Waals surface area contributed by atoms with Gasteiger partial charge in [0.2, 0.25) is 5.91 Å². The van der Waals surface area contributed by atoms with Crippen LogP contribution >= 0.6 is 0 Å². The van der Waals surface area contributed by atoms with Crippen LogP contribution in [0, 0.1) is 12.8 Å². The number of amides is 1. The smallest absolute Gasteiger partial charge is 0.220 e. The van der Waals surface area contributed by atoms with E-state index >= 15 is 0 Å². The van der Waals surface area contributed by atoms with Crippen molar-refractivity contribution in [3.63, 3.8) is 0 Å². The molecule has 88 valence electrons. The Morgan fingerprint density at radius 1 is 1.19 bits per heavy atom. The summed E-state index contributed by atoms with van der Waals surface area (Å²) in [4.78, 5) is 11.6. The number of hydrogen-bond donors (Lipinski definition) is 1. The molecule has 0 aliphatic carbocycles. The summed E-state index contributed by atoms with van der Waals surface area (Å²) in [6.45, 7) is 8.18. The molecular formula is C14H21NO. The Kier molecular flexibility index (Phi) is 4.53. The molecule has 1 atom stereocenters. The van der Waals surface area contributed by atoms with Crippen molar-refractivity contribution in [2.75, 3.05) is 0 Å². The number of benzene rings is 1. The topological polar surface area (TPSA) is 29.1 Å². The van der Waals surface area contributed by atoms with Gasteiger partial charge in [0.15, 0.2) is 0 Å². The molecule has 0 fully saturated rings. The molecular weight excluding hydrogens is 198 g/mol. The number of carbonyl (C=O) groups is 1. The average molecular weight is 219 g/mol. The molecule has 1 unspecified atom stereocenters. The van der Waals surface area contributed by atoms with Crippen molar-refractivity contribution < 1.29 is 4.79 Å². The van der Waals surface area contributed by atoms with E-state index in [2.05, 4.69) is 50.4 Å². The average Bonchev–Trinajstić information content (AvgIpc) is 2.16. The third-order valence-corrected chi connectivity index (χ3v) is 2.55. The van der Waals surface area contributed by atoms with Crippen molar-refractivity contribution >= 4 is 5.91 Å². The van der Waals surface area contributed by atoms with E-state index in [4.69, 9.17) is 0 Å². The lowest BCUT2D eigenvalue weighted by molar-refractivity contribution is -0.122. The largest absolute Gasteiger partial charge is 0.350 e. The van der Waals surface area contributed by atoms with Crippen LogP contribution < -0.4 is 5.32 Å². The van der Waals surface area contributed by atoms with Crippen LogP contribution in [0.15, 0.2) is 24.3 Å². The summed E-state index contributed by atoms with van der Waals surface area (Å²) < 4.78 is 0. The number of hydrogen-bond acceptors (Lipinski definition) is 1. The van der Waals surface area contributed by atoms with Crippen molar-refractivity contribution in [2.45, 2.75) is 40.2 Å². The summed E-state index contributed by atoms with van der Waals surface area (Å²) in [6.07, 6.45) is 0.593. The minimum atomic E-state index is 0.0897. The van der Waals surface area contributed by atoms with Crippen LogP contribution in [0.1, 0.15) is 44.4 Å². The minimum Gasteiger partial charge on any atom is -0.350 e. The first-order valence-corrected chi connectivity index (χ1v) is 5.85. The molecule has 0 spiro atoms. The van der Waals surface area contributed by atoms with E-state index in [1.54, 1.807) is 0 Å². The molecule has 0 saturated heterocycles. The third kappa shape index (κ3) is 4.05. The second kappa shape index (κ2) is 5.69. The Hall–Kier alpha value is -1.31. The molecule has 16 heavy (non-hydrogen) atoms. The van der Waals surface area contributed by atoms with Crippen LogP contribution in [0.25, 0.3) is 0 Å². The van der Waals surface area contributed by atoms with Gasteiger partial charge in [0.1, 0.15) is 0 Å². The Labute approximate surface area is 98.1 Å². The van der Waals surface area contributed by atoms with Gasteiger partial charge in [-0.3, -0.25) is 4.79 Å². The second-order valence-corrected chi connectivity index (χ2v) is 4.80. The van der Waals surface area contributed by atoms with Crippen molar-refractivity contribution in [2.24, 2.45) is 5.92 Å². The van der Waals surface area contributed by atoms with Gasteiger partial charge < -0.3 is 5.32 Å². The molecule has 1 N–H and O–H groups in total. The molecule has 2 nitrogen and oxygen atoms in total. The van der Waals surface area contributed by atoms with Gasteiger partial charge >= 0.3 is 0 Å². The first-order chi connectivity index (χ1) is 7.49. The first kappa shape index (κ1) is 12.8. The Bertz CT molecular complexity index is 340. The van der Waals surface area contributed by atoms with Crippen LogP contribution in [0.5, 0.6) is 0 Å². The van der Waals surface area contributed by atoms with Gasteiger partial charge in [0.25, 0.3) is 0 Å². The zero-order chi connectivity index (χ0) is 12.1. The minimum absolute atomic E-state index is 0.0897. The van der Waals surface area contributed by atoms with Gasteiger partial charge in [-0.05, 0) is 25.3 Å². The zero-order valence-electron chi connectivity index (χ0n) is 10.6. The fraction of sp³-hybridized carbons (Fsp3) is 0.500. The lowest BCUT2D eigenvalue weighted by atomic mass is 10.1. The van der Waals surface area contributed by atoms with E-state index in [0.717, 1.165) is 5.56 Å². The molecule has 0 aliphatic heterocycles. The molecule has 1 aromatic carbocycles. The van der Waals surface area contributed by atoms with Gasteiger partial charge in [-0.25, -0.2) is 0 Å². The predicted molar refractivity (Wildman–Crippen MR) is 67.2 cm³/mol. The maximum absolute atomic E-state index is 11.6. The van der Waals surface area contributed by atoms with E-state index in [1.807, 2.05) is 6.92 Å². The van der Waals surface area contributed by atoms with Gasteiger partial charge in [0.05, 0.1) is 6.04 Å². The SMILES string of the molecule is Cc1ccc(C(C)NC(=O)CC(C)C)cc1. The number of nitrogens with one attached hydrogen (secondary N) is 1. The fourth-order valence-corrected chi connectivity index (χ4v) is 1.61. The summed E-state index contributed by atoms with van der Waals surface area (Å²) in [5, 5.41) is 3.01. The Balaban J connectivity index is 2.55. The predicted octanol–water partition coefficient (Wildman–Crippen LogP) is 3.22. The maximum Gasteiger partial charge on any atom is 0.220 e. The fourth-order valence-electron chi connectivity index (χ4n) is 1.61. The third-order valence-electron chi connectivity index (χ3n) is 2.55. The number of carbonyl (C=O) groups excluding carboxylic acids is 1. The van der Waals surface area contributed by atoms with Gasteiger partial charge in [-0.1, -0.05) is 43.7 Å². The molecule has 1 aromatic rings. The van der Waals surface area contributed by atoms with Crippen LogP contribution in [-0.2, 0) is 4.79 Å². The summed E-state index contributed by atoms with van der Waals surface area (Å²) in [7, 11) is 0. The molecule has 0 radical (unpaired) electrons. The van der Waals surface area contributed by atoms with E-state index in [1.165, 1.54) is 5.56 Å². The monoisotopic (exact) mass is 219 g/mol. The van der Waals surface area contributed by atoms with Crippen LogP contribution in [-0.4, -0.2) is 5.91 Å². The molecule has 0 saturated carbocycles. The highest BCUT2D eigenvalue weighted by molar-refractivity contribution is 5.76. The maximum atomic E-state index is 11.6. The lowest BCUT2D eigenvalue weighted by Crippen LogP contribution is -2.27. The highest BCUT2D eigenvalue weighted by Gasteiger charge is 2.10. The van der Waals surface area contributed by atoms with Crippen molar-refractivity contribution in [1.29, 1.82) is 0 Å². The summed E-state index contributed by atoms with van der Waals surface area (Å²) >= 11 is 0. The molecule has 0 heterocycles. The van der Waals surface area contributed by atoms with Crippen molar-refractivity contribution in [1.82, 2.24) is 5.32 Å². The molecule has 0 bridgehead atoms. The van der Waals surface area contributed by atoms with E-state index in [-0.39, 0.29) is 11.9 Å². The van der Waals surface area contributed by atoms with E-state index in [0.29, 0.717) is 12.3 Å². The van der Waals surface area contributed by atoms with Crippen molar-refractivity contribution in [3.05, 3.63) is 35.4 Å². The second-order valence-electron chi connectivity index (χ2n) is 4.80. The lowest BCUT2D eigenvalue weighted by Gasteiger charge is -2.15. The summed E-state index contributed by atoms with van der Waals surface area (Å²) in [5.74, 6) is 0.535. The van der Waals surface area contributed by atoms with Crippen LogP contribution in [0.4, 0.5) is 0 Å². The summed E-state index contributed by atoms with van der Waals surface area (Å²) in [6, 6.07) is 8.36. The normalized spacial score (nSPS) is 12.6. The van der Waals surface area contributed by atoms with Gasteiger partial charge in [0, 0.05) is 6.42 Å². The Morgan fingerprint density at radius 2 is 1.75 bits per heavy atom. The van der Waals surface area contributed by atoms with Gasteiger partial charge in [-0.15, -0.1) is 0 Å². The molecule has 0 aromatic heterocycles. The van der Waals surface area contributed by atoms with Crippen molar-refractivity contribution in [3.8, 4) is 0 Å². The number of aryl methyl sites for hydroxylation is 1. The zero-order valence-corrected chi connectivity index (χ0v) is 10.6. The van der Waals surface area contributed by atoms with E-state index < -0.39 is 0 Å². The highest BCUT2D eigenvalue weighted by Crippen LogP contribution is 2.13. The standard InChI is InChI=1S/C14H21NO/c1-10(2)9-14(16)15-12(4)13-7-5-11(3)6-8-13/h5-8,10,12H,9H2,1-4H3,(H,15,16). The quantitative estimate of drug-likeness (QED) is 0.827. The molecule has 1 amide bonds. The number of rotatable bonds is 4. The van der Waals surface area contributed by atoms with Gasteiger partial charge in [-0.2, -0.15) is 0 Å². The molecule has 1 rings (SSSR count). The van der Waals surface area contributed by atoms with Crippen LogP contribution in [0.3, 0.4) is 0 Å². The highest BCUT2D eigenvalue weighted by atomic mass is 16.1. The Morgan fingerprint density at radius 3 is 2.25 bits per heavy atom. The molecule has 0 aliphatic rings. The summed E-state index contributed by atoms with van der Waals surface area (Å²) in [5.41, 5.74) is 2.40. The first-order valence-electron chi connectivity index (χ1n) is 5.85.